The van der Waals surface area contributed by atoms with Crippen molar-refractivity contribution >= 4 is 22.8 Å². The smallest absolute Gasteiger partial charge is 0.0849 e. The molecule has 0 fully saturated rings. The molecular formula is C23H23N3. The minimum absolute atomic E-state index is 0.863. The van der Waals surface area contributed by atoms with Crippen molar-refractivity contribution in [3.05, 3.63) is 89.2 Å². The lowest BCUT2D eigenvalue weighted by Crippen LogP contribution is -2.04. The Morgan fingerprint density at radius 2 is 1.00 bits per heavy atom. The maximum absolute atomic E-state index is 4.74. The van der Waals surface area contributed by atoms with Gasteiger partial charge in [0.1, 0.15) is 0 Å². The van der Waals surface area contributed by atoms with Crippen LogP contribution >= 0.6 is 0 Å². The molecule has 130 valence electrons. The number of benzene rings is 2. The number of hydrogen-bond acceptors (Lipinski definition) is 3. The van der Waals surface area contributed by atoms with Crippen LogP contribution in [0, 0.1) is 13.8 Å². The van der Waals surface area contributed by atoms with E-state index in [0.717, 1.165) is 34.2 Å². The Labute approximate surface area is 155 Å². The normalized spacial score (nSPS) is 12.3. The Kier molecular flexibility index (Phi) is 5.37. The van der Waals surface area contributed by atoms with Crippen LogP contribution < -0.4 is 0 Å². The van der Waals surface area contributed by atoms with E-state index in [1.54, 1.807) is 0 Å². The molecule has 26 heavy (non-hydrogen) atoms. The molecule has 0 amide bonds. The molecule has 3 aromatic rings. The zero-order valence-corrected chi connectivity index (χ0v) is 15.7. The SMILES string of the molecule is CC(=Nc1ccc(C)cc1)c1cccc(C(C)=Nc2ccc(C)cc2)n1. The van der Waals surface area contributed by atoms with Crippen LogP contribution in [0.2, 0.25) is 0 Å². The average molecular weight is 341 g/mol. The second-order valence-electron chi connectivity index (χ2n) is 6.47. The van der Waals surface area contributed by atoms with Crippen molar-refractivity contribution < 1.29 is 0 Å². The highest BCUT2D eigenvalue weighted by Gasteiger charge is 2.05. The number of nitrogens with zero attached hydrogens (tertiary/aromatic N) is 3. The van der Waals surface area contributed by atoms with Gasteiger partial charge in [-0.15, -0.1) is 0 Å². The van der Waals surface area contributed by atoms with Gasteiger partial charge in [0.15, 0.2) is 0 Å². The van der Waals surface area contributed by atoms with Crippen molar-refractivity contribution in [1.82, 2.24) is 4.98 Å². The lowest BCUT2D eigenvalue weighted by molar-refractivity contribution is 1.24. The molecule has 0 unspecified atom stereocenters. The molecule has 0 aliphatic carbocycles. The van der Waals surface area contributed by atoms with Gasteiger partial charge in [-0.25, -0.2) is 4.98 Å². The van der Waals surface area contributed by atoms with Gasteiger partial charge in [-0.1, -0.05) is 41.5 Å². The first-order valence-corrected chi connectivity index (χ1v) is 8.73. The summed E-state index contributed by atoms with van der Waals surface area (Å²) in [5, 5.41) is 0. The molecule has 2 aromatic carbocycles. The van der Waals surface area contributed by atoms with Gasteiger partial charge < -0.3 is 0 Å². The number of hydrogen-bond donors (Lipinski definition) is 0. The summed E-state index contributed by atoms with van der Waals surface area (Å²) in [6.45, 7) is 8.11. The Hall–Kier alpha value is -3.07. The third kappa shape index (κ3) is 4.51. The molecule has 0 saturated carbocycles. The van der Waals surface area contributed by atoms with Crippen molar-refractivity contribution in [3.8, 4) is 0 Å². The first-order chi connectivity index (χ1) is 12.5. The largest absolute Gasteiger partial charge is 0.252 e. The van der Waals surface area contributed by atoms with Crippen LogP contribution in [0.15, 0.2) is 76.7 Å². The molecule has 0 atom stereocenters. The number of aliphatic imine (C=N–C) groups is 2. The second kappa shape index (κ2) is 7.87. The van der Waals surface area contributed by atoms with E-state index in [1.165, 1.54) is 11.1 Å². The van der Waals surface area contributed by atoms with Gasteiger partial charge in [0.05, 0.1) is 34.2 Å². The molecule has 0 saturated heterocycles. The zero-order chi connectivity index (χ0) is 18.5. The quantitative estimate of drug-likeness (QED) is 0.538. The van der Waals surface area contributed by atoms with Crippen LogP contribution in [-0.4, -0.2) is 16.4 Å². The summed E-state index contributed by atoms with van der Waals surface area (Å²) in [5.74, 6) is 0. The minimum atomic E-state index is 0.863. The highest BCUT2D eigenvalue weighted by Crippen LogP contribution is 2.16. The van der Waals surface area contributed by atoms with Crippen LogP contribution in [0.25, 0.3) is 0 Å². The summed E-state index contributed by atoms with van der Waals surface area (Å²) in [6.07, 6.45) is 0. The summed E-state index contributed by atoms with van der Waals surface area (Å²) >= 11 is 0. The predicted molar refractivity (Wildman–Crippen MR) is 110 cm³/mol. The molecule has 3 heteroatoms. The summed E-state index contributed by atoms with van der Waals surface area (Å²) < 4.78 is 0. The van der Waals surface area contributed by atoms with Gasteiger partial charge in [0.25, 0.3) is 0 Å². The fourth-order valence-corrected chi connectivity index (χ4v) is 2.58. The summed E-state index contributed by atoms with van der Waals surface area (Å²) in [5.41, 5.74) is 7.82. The molecule has 3 rings (SSSR count). The molecule has 1 aromatic heterocycles. The van der Waals surface area contributed by atoms with Gasteiger partial charge in [-0.3, -0.25) is 9.98 Å². The van der Waals surface area contributed by atoms with E-state index >= 15 is 0 Å². The van der Waals surface area contributed by atoms with Crippen molar-refractivity contribution in [2.75, 3.05) is 0 Å². The van der Waals surface area contributed by atoms with E-state index in [2.05, 4.69) is 48.1 Å². The fourth-order valence-electron chi connectivity index (χ4n) is 2.58. The first kappa shape index (κ1) is 17.7. The Balaban J connectivity index is 1.87. The third-order valence-corrected chi connectivity index (χ3v) is 4.15. The van der Waals surface area contributed by atoms with Crippen molar-refractivity contribution in [3.63, 3.8) is 0 Å². The standard InChI is InChI=1S/C23H23N3/c1-16-8-12-20(13-9-16)24-18(3)22-6-5-7-23(26-22)19(4)25-21-14-10-17(2)11-15-21/h5-15H,1-4H3. The molecule has 0 aliphatic rings. The second-order valence-corrected chi connectivity index (χ2v) is 6.47. The highest BCUT2D eigenvalue weighted by molar-refractivity contribution is 6.02. The van der Waals surface area contributed by atoms with Gasteiger partial charge in [-0.2, -0.15) is 0 Å². The zero-order valence-electron chi connectivity index (χ0n) is 15.7. The molecule has 0 N–H and O–H groups in total. The Morgan fingerprint density at radius 1 is 0.615 bits per heavy atom. The number of rotatable bonds is 4. The number of pyridine rings is 1. The first-order valence-electron chi connectivity index (χ1n) is 8.73. The van der Waals surface area contributed by atoms with E-state index in [1.807, 2.05) is 56.3 Å². The maximum Gasteiger partial charge on any atom is 0.0849 e. The Bertz CT molecular complexity index is 873. The van der Waals surface area contributed by atoms with E-state index in [0.29, 0.717) is 0 Å². The number of aromatic nitrogens is 1. The third-order valence-electron chi connectivity index (χ3n) is 4.15. The van der Waals surface area contributed by atoms with E-state index < -0.39 is 0 Å². The molecule has 0 spiro atoms. The van der Waals surface area contributed by atoms with Gasteiger partial charge in [-0.05, 0) is 64.1 Å². The lowest BCUT2D eigenvalue weighted by atomic mass is 10.2. The molecular weight excluding hydrogens is 318 g/mol. The topological polar surface area (TPSA) is 37.6 Å². The van der Waals surface area contributed by atoms with Crippen molar-refractivity contribution in [2.24, 2.45) is 9.98 Å². The van der Waals surface area contributed by atoms with Crippen LogP contribution in [0.5, 0.6) is 0 Å². The summed E-state index contributed by atoms with van der Waals surface area (Å²) in [6, 6.07) is 22.3. The molecule has 0 radical (unpaired) electrons. The van der Waals surface area contributed by atoms with E-state index in [4.69, 9.17) is 4.98 Å². The van der Waals surface area contributed by atoms with Crippen LogP contribution in [-0.2, 0) is 0 Å². The van der Waals surface area contributed by atoms with Gasteiger partial charge in [0.2, 0.25) is 0 Å². The average Bonchev–Trinajstić information content (AvgIpc) is 2.65. The van der Waals surface area contributed by atoms with Crippen LogP contribution in [0.3, 0.4) is 0 Å². The maximum atomic E-state index is 4.74. The molecule has 3 nitrogen and oxygen atoms in total. The van der Waals surface area contributed by atoms with Crippen molar-refractivity contribution in [2.45, 2.75) is 27.7 Å². The predicted octanol–water partition coefficient (Wildman–Crippen LogP) is 5.98. The molecule has 1 heterocycles. The number of aryl methyl sites for hydroxylation is 2. The molecule has 0 bridgehead atoms. The summed E-state index contributed by atoms with van der Waals surface area (Å²) in [4.78, 5) is 14.1. The highest BCUT2D eigenvalue weighted by atomic mass is 14.8. The molecule has 0 aliphatic heterocycles. The Morgan fingerprint density at radius 3 is 1.38 bits per heavy atom. The van der Waals surface area contributed by atoms with Gasteiger partial charge >= 0.3 is 0 Å². The lowest BCUT2D eigenvalue weighted by Gasteiger charge is -2.05. The van der Waals surface area contributed by atoms with Crippen molar-refractivity contribution in [1.29, 1.82) is 0 Å². The van der Waals surface area contributed by atoms with Gasteiger partial charge in [0, 0.05) is 0 Å². The van der Waals surface area contributed by atoms with Crippen LogP contribution in [0.4, 0.5) is 11.4 Å². The van der Waals surface area contributed by atoms with E-state index in [9.17, 15) is 0 Å². The summed E-state index contributed by atoms with van der Waals surface area (Å²) in [7, 11) is 0. The minimum Gasteiger partial charge on any atom is -0.252 e. The monoisotopic (exact) mass is 341 g/mol. The fraction of sp³-hybridized carbons (Fsp3) is 0.174. The van der Waals surface area contributed by atoms with Crippen LogP contribution in [0.1, 0.15) is 36.4 Å². The van der Waals surface area contributed by atoms with E-state index in [-0.39, 0.29) is 0 Å².